The molecule has 0 unspecified atom stereocenters. The van der Waals surface area contributed by atoms with Crippen LogP contribution in [0.3, 0.4) is 0 Å². The molecule has 1 aromatic rings. The third-order valence-electron chi connectivity index (χ3n) is 2.37. The van der Waals surface area contributed by atoms with Crippen LogP contribution in [0.5, 0.6) is 5.75 Å². The summed E-state index contributed by atoms with van der Waals surface area (Å²) in [6.07, 6.45) is 0.218. The maximum Gasteiger partial charge on any atom is 0.308 e. The zero-order valence-electron chi connectivity index (χ0n) is 10.2. The number of nitriles is 1. The van der Waals surface area contributed by atoms with E-state index < -0.39 is 0 Å². The van der Waals surface area contributed by atoms with Gasteiger partial charge in [-0.15, -0.1) is 0 Å². The van der Waals surface area contributed by atoms with Crippen LogP contribution in [-0.2, 0) is 9.53 Å². The summed E-state index contributed by atoms with van der Waals surface area (Å²) in [5.41, 5.74) is 2.40. The normalized spacial score (nSPS) is 9.53. The van der Waals surface area contributed by atoms with Gasteiger partial charge in [0.15, 0.2) is 0 Å². The maximum absolute atomic E-state index is 10.9. The lowest BCUT2D eigenvalue weighted by Gasteiger charge is -2.11. The van der Waals surface area contributed by atoms with Gasteiger partial charge in [0.1, 0.15) is 5.75 Å². The molecule has 0 saturated carbocycles. The number of carbonyl (C=O) groups excluding carboxylic acids is 1. The molecule has 0 atom stereocenters. The van der Waals surface area contributed by atoms with Gasteiger partial charge in [-0.25, -0.2) is 0 Å². The van der Waals surface area contributed by atoms with Crippen LogP contribution in [0.2, 0.25) is 0 Å². The molecule has 0 bridgehead atoms. The predicted molar refractivity (Wildman–Crippen MR) is 62.8 cm³/mol. The van der Waals surface area contributed by atoms with E-state index in [0.29, 0.717) is 5.56 Å². The Hall–Kier alpha value is -2.02. The number of hydrogen-bond acceptors (Lipinski definition) is 4. The summed E-state index contributed by atoms with van der Waals surface area (Å²) in [4.78, 5) is 10.9. The molecule has 0 aromatic heterocycles. The molecule has 0 saturated heterocycles. The highest BCUT2D eigenvalue weighted by Gasteiger charge is 2.07. The summed E-state index contributed by atoms with van der Waals surface area (Å²) in [7, 11) is 1.35. The zero-order chi connectivity index (χ0) is 12.8. The highest BCUT2D eigenvalue weighted by atomic mass is 16.5. The second-order valence-corrected chi connectivity index (χ2v) is 3.73. The number of esters is 1. The molecule has 0 spiro atoms. The summed E-state index contributed by atoms with van der Waals surface area (Å²) in [6, 6.07) is 5.62. The fraction of sp³-hybridized carbons (Fsp3) is 0.385. The Labute approximate surface area is 101 Å². The predicted octanol–water partition coefficient (Wildman–Crippen LogP) is 2.12. The van der Waals surface area contributed by atoms with Gasteiger partial charge in [0, 0.05) is 0 Å². The largest absolute Gasteiger partial charge is 0.492 e. The molecule has 0 fully saturated rings. The first-order valence-corrected chi connectivity index (χ1v) is 5.29. The molecule has 0 aliphatic heterocycles. The Balaban J connectivity index is 2.72. The number of nitrogens with zero attached hydrogens (tertiary/aromatic N) is 1. The molecule has 0 aliphatic rings. The molecule has 17 heavy (non-hydrogen) atoms. The Kier molecular flexibility index (Phi) is 4.53. The van der Waals surface area contributed by atoms with E-state index in [-0.39, 0.29) is 19.0 Å². The molecule has 0 heterocycles. The first kappa shape index (κ1) is 13.0. The number of rotatable bonds is 4. The van der Waals surface area contributed by atoms with Crippen molar-refractivity contribution in [3.05, 3.63) is 28.8 Å². The minimum absolute atomic E-state index is 0.218. The molecule has 0 amide bonds. The Morgan fingerprint density at radius 1 is 1.35 bits per heavy atom. The minimum Gasteiger partial charge on any atom is -0.492 e. The maximum atomic E-state index is 10.9. The van der Waals surface area contributed by atoms with Gasteiger partial charge in [-0.1, -0.05) is 0 Å². The number of ether oxygens (including phenoxy) is 2. The molecule has 4 heteroatoms. The van der Waals surface area contributed by atoms with Crippen LogP contribution in [0.1, 0.15) is 23.1 Å². The lowest BCUT2D eigenvalue weighted by Crippen LogP contribution is -2.08. The van der Waals surface area contributed by atoms with E-state index in [0.717, 1.165) is 16.9 Å². The smallest absolute Gasteiger partial charge is 0.308 e. The van der Waals surface area contributed by atoms with Crippen LogP contribution in [0, 0.1) is 25.2 Å². The van der Waals surface area contributed by atoms with Crippen molar-refractivity contribution in [3.8, 4) is 11.8 Å². The molecule has 1 aromatic carbocycles. The van der Waals surface area contributed by atoms with Crippen molar-refractivity contribution < 1.29 is 14.3 Å². The Morgan fingerprint density at radius 3 is 2.41 bits per heavy atom. The van der Waals surface area contributed by atoms with E-state index in [1.165, 1.54) is 7.11 Å². The van der Waals surface area contributed by atoms with Crippen LogP contribution < -0.4 is 4.74 Å². The minimum atomic E-state index is -0.297. The zero-order valence-corrected chi connectivity index (χ0v) is 10.2. The third-order valence-corrected chi connectivity index (χ3v) is 2.37. The topological polar surface area (TPSA) is 59.3 Å². The summed E-state index contributed by atoms with van der Waals surface area (Å²) in [5.74, 6) is 0.432. The van der Waals surface area contributed by atoms with Gasteiger partial charge in [0.05, 0.1) is 31.8 Å². The van der Waals surface area contributed by atoms with Crippen LogP contribution in [0.25, 0.3) is 0 Å². The average Bonchev–Trinajstić information content (AvgIpc) is 2.31. The van der Waals surface area contributed by atoms with Crippen molar-refractivity contribution in [2.45, 2.75) is 20.3 Å². The first-order chi connectivity index (χ1) is 8.08. The van der Waals surface area contributed by atoms with Crippen molar-refractivity contribution >= 4 is 5.97 Å². The van der Waals surface area contributed by atoms with Crippen molar-refractivity contribution in [1.82, 2.24) is 0 Å². The van der Waals surface area contributed by atoms with Crippen molar-refractivity contribution in [1.29, 1.82) is 5.26 Å². The first-order valence-electron chi connectivity index (χ1n) is 5.29. The van der Waals surface area contributed by atoms with Gasteiger partial charge < -0.3 is 9.47 Å². The van der Waals surface area contributed by atoms with Gasteiger partial charge in [-0.2, -0.15) is 5.26 Å². The highest BCUT2D eigenvalue weighted by molar-refractivity contribution is 5.69. The highest BCUT2D eigenvalue weighted by Crippen LogP contribution is 2.24. The summed E-state index contributed by atoms with van der Waals surface area (Å²) in [6.45, 7) is 4.03. The van der Waals surface area contributed by atoms with Gasteiger partial charge >= 0.3 is 5.97 Å². The van der Waals surface area contributed by atoms with Gasteiger partial charge in [-0.05, 0) is 37.1 Å². The van der Waals surface area contributed by atoms with Crippen LogP contribution in [0.4, 0.5) is 0 Å². The molecule has 0 N–H and O–H groups in total. The lowest BCUT2D eigenvalue weighted by molar-refractivity contribution is -0.141. The number of benzene rings is 1. The van der Waals surface area contributed by atoms with E-state index in [2.05, 4.69) is 10.8 Å². The monoisotopic (exact) mass is 233 g/mol. The molecule has 90 valence electrons. The van der Waals surface area contributed by atoms with Crippen molar-refractivity contribution in [2.75, 3.05) is 13.7 Å². The van der Waals surface area contributed by atoms with E-state index in [1.807, 2.05) is 13.8 Å². The van der Waals surface area contributed by atoms with E-state index in [1.54, 1.807) is 12.1 Å². The Bertz CT molecular complexity index is 437. The number of hydrogen-bond donors (Lipinski definition) is 0. The fourth-order valence-corrected chi connectivity index (χ4v) is 1.58. The van der Waals surface area contributed by atoms with Gasteiger partial charge in [0.2, 0.25) is 0 Å². The summed E-state index contributed by atoms with van der Waals surface area (Å²) < 4.78 is 10.1. The quantitative estimate of drug-likeness (QED) is 0.747. The second-order valence-electron chi connectivity index (χ2n) is 3.73. The SMILES string of the molecule is COC(=O)CCOc1c(C)cc(C#N)cc1C. The molecule has 0 radical (unpaired) electrons. The second kappa shape index (κ2) is 5.90. The van der Waals surface area contributed by atoms with Crippen LogP contribution in [-0.4, -0.2) is 19.7 Å². The molecule has 0 aliphatic carbocycles. The van der Waals surface area contributed by atoms with E-state index in [9.17, 15) is 4.79 Å². The van der Waals surface area contributed by atoms with Crippen LogP contribution in [0.15, 0.2) is 12.1 Å². The fourth-order valence-electron chi connectivity index (χ4n) is 1.58. The summed E-state index contributed by atoms with van der Waals surface area (Å²) in [5, 5.41) is 8.81. The van der Waals surface area contributed by atoms with Crippen LogP contribution >= 0.6 is 0 Å². The molecule has 1 rings (SSSR count). The van der Waals surface area contributed by atoms with Crippen molar-refractivity contribution in [2.24, 2.45) is 0 Å². The van der Waals surface area contributed by atoms with E-state index in [4.69, 9.17) is 10.00 Å². The standard InChI is InChI=1S/C13H15NO3/c1-9-6-11(8-14)7-10(2)13(9)17-5-4-12(15)16-3/h6-7H,4-5H2,1-3H3. The molecular weight excluding hydrogens is 218 g/mol. The van der Waals surface area contributed by atoms with Crippen molar-refractivity contribution in [3.63, 3.8) is 0 Å². The van der Waals surface area contributed by atoms with E-state index >= 15 is 0 Å². The summed E-state index contributed by atoms with van der Waals surface area (Å²) >= 11 is 0. The van der Waals surface area contributed by atoms with Gasteiger partial charge in [-0.3, -0.25) is 4.79 Å². The number of methoxy groups -OCH3 is 1. The third kappa shape index (κ3) is 3.49. The Morgan fingerprint density at radius 2 is 1.94 bits per heavy atom. The van der Waals surface area contributed by atoms with Gasteiger partial charge in [0.25, 0.3) is 0 Å². The average molecular weight is 233 g/mol. The molecular formula is C13H15NO3. The number of aryl methyl sites for hydroxylation is 2. The molecule has 4 nitrogen and oxygen atoms in total. The number of carbonyl (C=O) groups is 1. The lowest BCUT2D eigenvalue weighted by atomic mass is 10.1.